The molecule has 4 rings (SSSR count). The van der Waals surface area contributed by atoms with E-state index < -0.39 is 11.8 Å². The van der Waals surface area contributed by atoms with E-state index in [4.69, 9.17) is 14.2 Å². The predicted molar refractivity (Wildman–Crippen MR) is 136 cm³/mol. The number of benzene rings is 3. The van der Waals surface area contributed by atoms with Crippen LogP contribution in [0.25, 0.3) is 6.08 Å². The molecule has 0 spiro atoms. The highest BCUT2D eigenvalue weighted by molar-refractivity contribution is 14.1. The van der Waals surface area contributed by atoms with Crippen LogP contribution in [0.5, 0.6) is 11.5 Å². The van der Waals surface area contributed by atoms with Crippen LogP contribution in [0, 0.1) is 9.39 Å². The van der Waals surface area contributed by atoms with Crippen molar-refractivity contribution in [1.82, 2.24) is 0 Å². The van der Waals surface area contributed by atoms with Crippen LogP contribution >= 0.6 is 38.5 Å². The van der Waals surface area contributed by atoms with Gasteiger partial charge in [-0.1, -0.05) is 34.1 Å². The molecule has 0 saturated carbocycles. The van der Waals surface area contributed by atoms with Crippen molar-refractivity contribution < 1.29 is 23.4 Å². The highest BCUT2D eigenvalue weighted by Gasteiger charge is 2.25. The summed E-state index contributed by atoms with van der Waals surface area (Å²) >= 11 is 5.64. The zero-order valence-corrected chi connectivity index (χ0v) is 21.2. The molecule has 3 aromatic carbocycles. The second kappa shape index (κ2) is 10.5. The van der Waals surface area contributed by atoms with Crippen molar-refractivity contribution in [3.05, 3.63) is 96.9 Å². The first kappa shape index (κ1) is 23.4. The van der Waals surface area contributed by atoms with Gasteiger partial charge in [0.15, 0.2) is 17.2 Å². The maximum Gasteiger partial charge on any atom is 0.363 e. The summed E-state index contributed by atoms with van der Waals surface area (Å²) in [4.78, 5) is 16.6. The molecule has 168 valence electrons. The van der Waals surface area contributed by atoms with Crippen molar-refractivity contribution in [1.29, 1.82) is 0 Å². The van der Waals surface area contributed by atoms with Gasteiger partial charge < -0.3 is 14.2 Å². The van der Waals surface area contributed by atoms with Gasteiger partial charge in [-0.05, 0) is 89.2 Å². The van der Waals surface area contributed by atoms with E-state index >= 15 is 0 Å². The minimum Gasteiger partial charge on any atom is -0.490 e. The standard InChI is InChI=1S/C25H18BrFINO4/c1-2-31-22-12-16(10-20(28)23(22)32-14-15-5-3-7-18(26)9-15)11-21-25(30)33-24(29-21)17-6-4-8-19(27)13-17/h3-13H,2,14H2,1H3/b21-11-. The molecular weight excluding hydrogens is 604 g/mol. The number of carbonyl (C=O) groups excluding carboxylic acids is 1. The molecule has 0 N–H and O–H groups in total. The van der Waals surface area contributed by atoms with E-state index in [1.165, 1.54) is 18.2 Å². The Morgan fingerprint density at radius 3 is 2.70 bits per heavy atom. The van der Waals surface area contributed by atoms with Crippen LogP contribution in [-0.4, -0.2) is 18.5 Å². The Balaban J connectivity index is 1.61. The van der Waals surface area contributed by atoms with Crippen LogP contribution in [0.4, 0.5) is 4.39 Å². The van der Waals surface area contributed by atoms with Crippen molar-refractivity contribution in [3.63, 3.8) is 0 Å². The second-order valence-corrected chi connectivity index (χ2v) is 9.11. The van der Waals surface area contributed by atoms with Gasteiger partial charge in [0.05, 0.1) is 10.2 Å². The van der Waals surface area contributed by atoms with E-state index in [9.17, 15) is 9.18 Å². The molecule has 1 heterocycles. The normalized spacial score (nSPS) is 14.2. The lowest BCUT2D eigenvalue weighted by atomic mass is 10.1. The van der Waals surface area contributed by atoms with Crippen molar-refractivity contribution in [3.8, 4) is 11.5 Å². The number of esters is 1. The Bertz CT molecular complexity index is 1280. The van der Waals surface area contributed by atoms with Gasteiger partial charge >= 0.3 is 5.97 Å². The van der Waals surface area contributed by atoms with Crippen molar-refractivity contribution in [2.75, 3.05) is 6.61 Å². The molecule has 0 radical (unpaired) electrons. The first-order valence-electron chi connectivity index (χ1n) is 10.0. The predicted octanol–water partition coefficient (Wildman–Crippen LogP) is 6.52. The van der Waals surface area contributed by atoms with Crippen molar-refractivity contribution in [2.45, 2.75) is 13.5 Å². The maximum atomic E-state index is 13.5. The number of nitrogens with zero attached hydrogens (tertiary/aromatic N) is 1. The molecule has 0 unspecified atom stereocenters. The molecule has 0 aromatic heterocycles. The van der Waals surface area contributed by atoms with Crippen LogP contribution in [0.1, 0.15) is 23.6 Å². The second-order valence-electron chi connectivity index (χ2n) is 7.03. The Labute approximate surface area is 212 Å². The molecule has 0 bridgehead atoms. The third-order valence-corrected chi connectivity index (χ3v) is 5.89. The van der Waals surface area contributed by atoms with Gasteiger partial charge in [-0.15, -0.1) is 0 Å². The molecule has 8 heteroatoms. The molecule has 5 nitrogen and oxygen atoms in total. The molecule has 33 heavy (non-hydrogen) atoms. The highest BCUT2D eigenvalue weighted by Crippen LogP contribution is 2.36. The summed E-state index contributed by atoms with van der Waals surface area (Å²) in [7, 11) is 0. The van der Waals surface area contributed by atoms with Crippen LogP contribution in [0.15, 0.2) is 75.8 Å². The Hall–Kier alpha value is -2.72. The van der Waals surface area contributed by atoms with Crippen LogP contribution < -0.4 is 9.47 Å². The van der Waals surface area contributed by atoms with Crippen LogP contribution in [-0.2, 0) is 16.1 Å². The van der Waals surface area contributed by atoms with E-state index in [2.05, 4.69) is 43.5 Å². The third kappa shape index (κ3) is 5.80. The monoisotopic (exact) mass is 621 g/mol. The van der Waals surface area contributed by atoms with E-state index in [0.29, 0.717) is 35.8 Å². The number of carbonyl (C=O) groups is 1. The van der Waals surface area contributed by atoms with E-state index in [-0.39, 0.29) is 11.6 Å². The number of hydrogen-bond donors (Lipinski definition) is 0. The Morgan fingerprint density at radius 2 is 1.94 bits per heavy atom. The summed E-state index contributed by atoms with van der Waals surface area (Å²) in [5.74, 6) is 0.221. The Morgan fingerprint density at radius 1 is 1.12 bits per heavy atom. The lowest BCUT2D eigenvalue weighted by Crippen LogP contribution is -2.05. The molecule has 1 aliphatic heterocycles. The first-order valence-corrected chi connectivity index (χ1v) is 11.9. The minimum atomic E-state index is -0.600. The Kier molecular flexibility index (Phi) is 7.44. The highest BCUT2D eigenvalue weighted by atomic mass is 127. The van der Waals surface area contributed by atoms with E-state index in [1.54, 1.807) is 18.2 Å². The quantitative estimate of drug-likeness (QED) is 0.171. The van der Waals surface area contributed by atoms with Gasteiger partial charge in [0.25, 0.3) is 0 Å². The molecule has 1 aliphatic rings. The third-order valence-electron chi connectivity index (χ3n) is 4.60. The average molecular weight is 622 g/mol. The summed E-state index contributed by atoms with van der Waals surface area (Å²) in [5, 5.41) is 0. The van der Waals surface area contributed by atoms with Gasteiger partial charge in [-0.25, -0.2) is 14.2 Å². The molecule has 0 amide bonds. The van der Waals surface area contributed by atoms with Crippen LogP contribution in [0.3, 0.4) is 0 Å². The smallest absolute Gasteiger partial charge is 0.363 e. The molecule has 0 saturated heterocycles. The van der Waals surface area contributed by atoms with Crippen molar-refractivity contribution in [2.24, 2.45) is 4.99 Å². The number of ether oxygens (including phenoxy) is 3. The number of hydrogen-bond acceptors (Lipinski definition) is 5. The van der Waals surface area contributed by atoms with E-state index in [0.717, 1.165) is 13.6 Å². The molecule has 3 aromatic rings. The van der Waals surface area contributed by atoms with Gasteiger partial charge in [-0.3, -0.25) is 0 Å². The molecule has 0 atom stereocenters. The first-order chi connectivity index (χ1) is 15.9. The average Bonchev–Trinajstić information content (AvgIpc) is 3.14. The number of rotatable bonds is 7. The zero-order chi connectivity index (χ0) is 23.4. The lowest BCUT2D eigenvalue weighted by molar-refractivity contribution is -0.129. The largest absolute Gasteiger partial charge is 0.490 e. The number of cyclic esters (lactones) is 1. The summed E-state index contributed by atoms with van der Waals surface area (Å²) in [6.45, 7) is 2.72. The van der Waals surface area contributed by atoms with Gasteiger partial charge in [-0.2, -0.15) is 0 Å². The summed E-state index contributed by atoms with van der Waals surface area (Å²) in [6.07, 6.45) is 1.61. The fourth-order valence-corrected chi connectivity index (χ4v) is 4.40. The maximum absolute atomic E-state index is 13.5. The molecular formula is C25H18BrFINO4. The molecule has 0 fully saturated rings. The van der Waals surface area contributed by atoms with Gasteiger partial charge in [0.1, 0.15) is 12.4 Å². The van der Waals surface area contributed by atoms with Crippen molar-refractivity contribution >= 4 is 56.5 Å². The number of aliphatic imine (C=N–C) groups is 1. The van der Waals surface area contributed by atoms with Gasteiger partial charge in [0.2, 0.25) is 5.90 Å². The summed E-state index contributed by atoms with van der Waals surface area (Å²) in [6, 6.07) is 17.3. The van der Waals surface area contributed by atoms with E-state index in [1.807, 2.05) is 37.3 Å². The minimum absolute atomic E-state index is 0.0689. The topological polar surface area (TPSA) is 57.1 Å². The van der Waals surface area contributed by atoms with Gasteiger partial charge in [0, 0.05) is 10.0 Å². The fraction of sp³-hybridized carbons (Fsp3) is 0.120. The van der Waals surface area contributed by atoms with Crippen LogP contribution in [0.2, 0.25) is 0 Å². The lowest BCUT2D eigenvalue weighted by Gasteiger charge is -2.15. The SMILES string of the molecule is CCOc1cc(/C=C2\N=C(c3cccc(F)c3)OC2=O)cc(I)c1OCc1cccc(Br)c1. The fourth-order valence-electron chi connectivity index (χ4n) is 3.17. The molecule has 0 aliphatic carbocycles. The summed E-state index contributed by atoms with van der Waals surface area (Å²) in [5.41, 5.74) is 2.23. The summed E-state index contributed by atoms with van der Waals surface area (Å²) < 4.78 is 32.4. The zero-order valence-electron chi connectivity index (χ0n) is 17.5. The number of halogens is 3.